The van der Waals surface area contributed by atoms with Crippen LogP contribution >= 0.6 is 0 Å². The Morgan fingerprint density at radius 1 is 0.240 bits per heavy atom. The van der Waals surface area contributed by atoms with Gasteiger partial charge in [0.05, 0.1) is 39.5 Å². The summed E-state index contributed by atoms with van der Waals surface area (Å²) in [6.45, 7) is 69.2. The minimum atomic E-state index is -2.57. The largest absolute Gasteiger partial charge is 0.543 e. The molecule has 5 heterocycles. The second kappa shape index (κ2) is 25.4. The van der Waals surface area contributed by atoms with E-state index in [4.69, 9.17) is 36.5 Å². The van der Waals surface area contributed by atoms with Crippen molar-refractivity contribution in [1.29, 1.82) is 0 Å². The third-order valence-electron chi connectivity index (χ3n) is 22.6. The number of aromatic amines is 2. The zero-order chi connectivity index (χ0) is 71.3. The third kappa shape index (κ3) is 14.7. The van der Waals surface area contributed by atoms with Gasteiger partial charge in [-0.25, -0.2) is 9.97 Å². The molecule has 10 nitrogen and oxygen atoms in total. The molecular formula is C80H114N4O6Si6. The van der Waals surface area contributed by atoms with E-state index in [2.05, 4.69) is 347 Å². The predicted octanol–water partition coefficient (Wildman–Crippen LogP) is 25.6. The average molecular weight is 1400 g/mol. The molecule has 514 valence electrons. The number of rotatable bonds is 16. The molecule has 0 amide bonds. The van der Waals surface area contributed by atoms with Gasteiger partial charge in [-0.2, -0.15) is 0 Å². The monoisotopic (exact) mass is 1390 g/mol. The van der Waals surface area contributed by atoms with Crippen molar-refractivity contribution < 1.29 is 26.6 Å². The van der Waals surface area contributed by atoms with Crippen LogP contribution in [0.15, 0.2) is 109 Å². The summed E-state index contributed by atoms with van der Waals surface area (Å²) in [6, 6.07) is 38.6. The fraction of sp³-hybridized carbons (Fsp3) is 0.450. The molecule has 2 N–H and O–H groups in total. The maximum Gasteiger partial charge on any atom is 0.250 e. The van der Waals surface area contributed by atoms with Crippen molar-refractivity contribution in [2.75, 3.05) is 0 Å². The van der Waals surface area contributed by atoms with Crippen molar-refractivity contribution in [3.63, 3.8) is 0 Å². The van der Waals surface area contributed by atoms with E-state index < -0.39 is 49.9 Å². The predicted molar refractivity (Wildman–Crippen MR) is 428 cm³/mol. The number of H-pyrrole nitrogens is 2. The topological polar surface area (TPSA) is 113 Å². The van der Waals surface area contributed by atoms with Crippen LogP contribution in [0, 0.1) is 0 Å². The number of nitrogens with zero attached hydrogens (tertiary/aromatic N) is 2. The molecule has 0 aliphatic carbocycles. The molecule has 0 atom stereocenters. The van der Waals surface area contributed by atoms with Crippen molar-refractivity contribution in [3.05, 3.63) is 132 Å². The van der Waals surface area contributed by atoms with E-state index in [1.165, 1.54) is 0 Å². The van der Waals surface area contributed by atoms with Gasteiger partial charge in [0.2, 0.25) is 0 Å². The lowest BCUT2D eigenvalue weighted by Crippen LogP contribution is -2.44. The van der Waals surface area contributed by atoms with Crippen LogP contribution in [-0.4, -0.2) is 69.8 Å². The molecule has 2 aliphatic heterocycles. The number of nitrogens with one attached hydrogen (secondary N) is 2. The van der Waals surface area contributed by atoms with Crippen molar-refractivity contribution in [3.8, 4) is 79.0 Å². The Bertz CT molecular complexity index is 4180. The van der Waals surface area contributed by atoms with Gasteiger partial charge >= 0.3 is 0 Å². The van der Waals surface area contributed by atoms with Gasteiger partial charge in [0, 0.05) is 44.3 Å². The standard InChI is InChI=1S/C80H114N4O6Si6/c1-75(2,3)91(19,20)85-62-39-34-40-63(86-92(21,22)76(4,5)6)72(62)69-56-47-45-54(81-56)68(53-37-32-31-33-38-53)55-46-48-57(82-55)70(73-64(87-93(23,24)77(7,8)9)41-35-42-65(73)88-94(25,26)78(10,11)12)59-50-52-61(84-59)71(60-51-49-58(69)83-60)74-66(89-95(27,28)79(13,14)15)43-36-44-67(74)90-96(29,30)80(16,17)18/h31-52,81,83H,1-30H3. The molecule has 3 aromatic heterocycles. The van der Waals surface area contributed by atoms with Gasteiger partial charge in [0.15, 0.2) is 0 Å². The summed E-state index contributed by atoms with van der Waals surface area (Å²) in [7, 11) is -15.3. The van der Waals surface area contributed by atoms with Crippen LogP contribution in [0.4, 0.5) is 0 Å². The molecule has 0 spiro atoms. The van der Waals surface area contributed by atoms with Crippen LogP contribution in [-0.2, 0) is 0 Å². The highest BCUT2D eigenvalue weighted by Crippen LogP contribution is 2.54. The molecule has 0 radical (unpaired) electrons. The normalized spacial score (nSPS) is 14.1. The molecule has 0 fully saturated rings. The van der Waals surface area contributed by atoms with Gasteiger partial charge in [0.25, 0.3) is 49.9 Å². The fourth-order valence-electron chi connectivity index (χ4n) is 10.3. The van der Waals surface area contributed by atoms with Crippen LogP contribution < -0.4 is 26.6 Å². The summed E-state index contributed by atoms with van der Waals surface area (Å²) < 4.78 is 45.8. The quantitative estimate of drug-likeness (QED) is 0.0920. The van der Waals surface area contributed by atoms with Crippen molar-refractivity contribution >= 4 is 96.3 Å². The number of aromatic nitrogens is 4. The summed E-state index contributed by atoms with van der Waals surface area (Å²) >= 11 is 0. The molecule has 8 bridgehead atoms. The molecule has 0 saturated carbocycles. The Labute approximate surface area is 583 Å². The highest BCUT2D eigenvalue weighted by molar-refractivity contribution is 6.77. The third-order valence-corrected chi connectivity index (χ3v) is 48.6. The van der Waals surface area contributed by atoms with E-state index >= 15 is 0 Å². The Morgan fingerprint density at radius 3 is 0.729 bits per heavy atom. The Balaban J connectivity index is 1.60. The van der Waals surface area contributed by atoms with Crippen LogP contribution in [0.3, 0.4) is 0 Å². The first kappa shape index (κ1) is 73.8. The molecule has 7 aromatic rings. The first-order valence-electron chi connectivity index (χ1n) is 34.6. The summed E-state index contributed by atoms with van der Waals surface area (Å²) in [6.07, 6.45) is 8.67. The van der Waals surface area contributed by atoms with Crippen molar-refractivity contribution in [1.82, 2.24) is 19.9 Å². The van der Waals surface area contributed by atoms with Crippen molar-refractivity contribution in [2.24, 2.45) is 0 Å². The van der Waals surface area contributed by atoms with Gasteiger partial charge in [-0.3, -0.25) is 0 Å². The van der Waals surface area contributed by atoms with E-state index in [1.807, 2.05) is 0 Å². The molecule has 9 rings (SSSR count). The van der Waals surface area contributed by atoms with Gasteiger partial charge < -0.3 is 36.5 Å². The molecule has 0 unspecified atom stereocenters. The van der Waals surface area contributed by atoms with Crippen LogP contribution in [0.25, 0.3) is 90.9 Å². The summed E-state index contributed by atoms with van der Waals surface area (Å²) in [5.74, 6) is 4.51. The maximum atomic E-state index is 7.68. The molecule has 0 saturated heterocycles. The van der Waals surface area contributed by atoms with E-state index in [-0.39, 0.29) is 30.2 Å². The Kier molecular flexibility index (Phi) is 19.5. The Hall–Kier alpha value is -6.42. The highest BCUT2D eigenvalue weighted by Gasteiger charge is 2.46. The van der Waals surface area contributed by atoms with Gasteiger partial charge in [-0.05, 0) is 199 Å². The van der Waals surface area contributed by atoms with Crippen LogP contribution in [0.2, 0.25) is 109 Å². The molecular weight excluding hydrogens is 1280 g/mol. The molecule has 96 heavy (non-hydrogen) atoms. The number of hydrogen-bond donors (Lipinski definition) is 2. The van der Waals surface area contributed by atoms with E-state index in [0.717, 1.165) is 118 Å². The first-order chi connectivity index (χ1) is 43.9. The average Bonchev–Trinajstić information content (AvgIpc) is 1.43. The summed E-state index contributed by atoms with van der Waals surface area (Å²) in [5.41, 5.74) is 13.4. The lowest BCUT2D eigenvalue weighted by atomic mass is 10.00. The van der Waals surface area contributed by atoms with E-state index in [1.54, 1.807) is 0 Å². The van der Waals surface area contributed by atoms with Gasteiger partial charge in [-0.1, -0.05) is 173 Å². The summed E-state index contributed by atoms with van der Waals surface area (Å²) in [5, 5.41) is -0.779. The van der Waals surface area contributed by atoms with Gasteiger partial charge in [-0.15, -0.1) is 0 Å². The lowest BCUT2D eigenvalue weighted by Gasteiger charge is -2.39. The first-order valence-corrected chi connectivity index (χ1v) is 52.1. The van der Waals surface area contributed by atoms with E-state index in [9.17, 15) is 0 Å². The minimum absolute atomic E-state index is 0.119. The number of fused-ring (bicyclic) bond motifs is 8. The molecule has 2 aliphatic rings. The van der Waals surface area contributed by atoms with Gasteiger partial charge in [0.1, 0.15) is 34.5 Å². The number of hydrogen-bond acceptors (Lipinski definition) is 8. The van der Waals surface area contributed by atoms with Crippen LogP contribution in [0.5, 0.6) is 34.5 Å². The van der Waals surface area contributed by atoms with Crippen molar-refractivity contribution in [2.45, 2.75) is 233 Å². The maximum absolute atomic E-state index is 7.68. The zero-order valence-corrected chi connectivity index (χ0v) is 70.0. The van der Waals surface area contributed by atoms with Crippen LogP contribution in [0.1, 0.15) is 147 Å². The smallest absolute Gasteiger partial charge is 0.250 e. The minimum Gasteiger partial charge on any atom is -0.543 e. The summed E-state index contributed by atoms with van der Waals surface area (Å²) in [4.78, 5) is 20.2. The zero-order valence-electron chi connectivity index (χ0n) is 64.0. The fourth-order valence-corrected chi connectivity index (χ4v) is 16.4. The second-order valence-electron chi connectivity index (χ2n) is 35.9. The SMILES string of the molecule is CC(C)(C)[Si](C)(C)Oc1cccc(O[Si](C)(C)C(C)(C)C)c1-c1c2nc(c(-c3ccccc3)c3ccc([nH]3)c(-c3c(O[Si](C)(C)C(C)(C)C)cccc3O[Si](C)(C)C(C)(C)C)c3ccc([nH]3)c(-c3c(O[Si](C)(C)C(C)(C)C)cccc3O[Si](C)(C)C(C)(C)C)c3nc1C=C3)C=C2. The molecule has 16 heteroatoms. The lowest BCUT2D eigenvalue weighted by molar-refractivity contribution is 0.477. The Morgan fingerprint density at radius 2 is 0.458 bits per heavy atom. The number of benzene rings is 4. The second-order valence-corrected chi connectivity index (χ2v) is 64.3. The van der Waals surface area contributed by atoms with E-state index in [0.29, 0.717) is 5.69 Å². The highest BCUT2D eigenvalue weighted by atomic mass is 28.4. The molecule has 4 aromatic carbocycles.